The smallest absolute Gasteiger partial charge is 0.327 e. The van der Waals surface area contributed by atoms with Crippen LogP contribution in [0.2, 0.25) is 0 Å². The van der Waals surface area contributed by atoms with E-state index in [9.17, 15) is 38.7 Å². The van der Waals surface area contributed by atoms with E-state index >= 15 is 0 Å². The number of fused-ring (bicyclic) bond motifs is 2. The minimum absolute atomic E-state index is 0.00103. The minimum atomic E-state index is -1.24. The molecule has 3 aliphatic heterocycles. The molecule has 15 heteroatoms. The van der Waals surface area contributed by atoms with Crippen LogP contribution in [0.25, 0.3) is 0 Å². The zero-order valence-electron chi connectivity index (χ0n) is 30.6. The van der Waals surface area contributed by atoms with E-state index in [1.165, 1.54) is 31.4 Å². The third-order valence-corrected chi connectivity index (χ3v) is 12.2. The first-order valence-electron chi connectivity index (χ1n) is 18.9. The third kappa shape index (κ3) is 13.9. The molecule has 0 unspecified atom stereocenters. The van der Waals surface area contributed by atoms with Crippen molar-refractivity contribution in [1.29, 1.82) is 0 Å². The first-order chi connectivity index (χ1) is 24.4. The topological polar surface area (TPSA) is 182 Å². The maximum Gasteiger partial charge on any atom is 0.327 e. The summed E-state index contributed by atoms with van der Waals surface area (Å²) in [4.78, 5) is 94.5. The number of carbonyl (C=O) groups excluding carboxylic acids is 6. The van der Waals surface area contributed by atoms with Gasteiger partial charge in [0.15, 0.2) is 0 Å². The SMILES string of the molecule is CCC(=O)CCCCCCCCCCC(=O)N[C@H]1CSSC[C@@H](C(=O)O)NC(=O)[C@H](CC(C)C)NC(=O)[C@@H]2CCCN2C(=O)[C@@H]2CCCN2C1=O. The monoisotopic (exact) mass is 753 g/mol. The van der Waals surface area contributed by atoms with Gasteiger partial charge in [-0.2, -0.15) is 0 Å². The normalized spacial score (nSPS) is 25.2. The molecule has 51 heavy (non-hydrogen) atoms. The summed E-state index contributed by atoms with van der Waals surface area (Å²) in [6.45, 7) is 6.41. The van der Waals surface area contributed by atoms with Gasteiger partial charge in [-0.25, -0.2) is 4.79 Å². The summed E-state index contributed by atoms with van der Waals surface area (Å²) in [5.74, 6) is -2.72. The minimum Gasteiger partial charge on any atom is -0.480 e. The van der Waals surface area contributed by atoms with Crippen molar-refractivity contribution in [3.05, 3.63) is 0 Å². The molecule has 3 saturated heterocycles. The Kier molecular flexibility index (Phi) is 18.6. The molecule has 13 nitrogen and oxygen atoms in total. The molecule has 3 heterocycles. The van der Waals surface area contributed by atoms with Crippen molar-refractivity contribution < 1.29 is 38.7 Å². The van der Waals surface area contributed by atoms with Crippen LogP contribution in [-0.4, -0.2) is 111 Å². The molecular formula is C36H59N5O8S2. The van der Waals surface area contributed by atoms with E-state index in [1.807, 2.05) is 20.8 Å². The van der Waals surface area contributed by atoms with Gasteiger partial charge in [0.1, 0.15) is 36.0 Å². The van der Waals surface area contributed by atoms with E-state index in [2.05, 4.69) is 16.0 Å². The molecule has 5 amide bonds. The number of rotatable bonds is 16. The van der Waals surface area contributed by atoms with Crippen LogP contribution in [0.5, 0.6) is 0 Å². The van der Waals surface area contributed by atoms with Gasteiger partial charge in [0.2, 0.25) is 29.5 Å². The molecule has 4 N–H and O–H groups in total. The lowest BCUT2D eigenvalue weighted by atomic mass is 10.0. The number of ketones is 1. The Bertz CT molecular complexity index is 1220. The fourth-order valence-corrected chi connectivity index (χ4v) is 9.23. The van der Waals surface area contributed by atoms with Gasteiger partial charge in [-0.3, -0.25) is 28.8 Å². The third-order valence-electron chi connectivity index (χ3n) is 9.80. The van der Waals surface area contributed by atoms with Crippen molar-refractivity contribution in [1.82, 2.24) is 25.8 Å². The summed E-state index contributed by atoms with van der Waals surface area (Å²) < 4.78 is 0. The number of carboxylic acid groups (broad SMARTS) is 1. The number of nitrogens with one attached hydrogen (secondary N) is 3. The number of hydrogen-bond acceptors (Lipinski definition) is 9. The van der Waals surface area contributed by atoms with Crippen molar-refractivity contribution in [2.75, 3.05) is 24.6 Å². The van der Waals surface area contributed by atoms with Crippen molar-refractivity contribution in [2.45, 2.75) is 154 Å². The Morgan fingerprint density at radius 2 is 1.35 bits per heavy atom. The fraction of sp³-hybridized carbons (Fsp3) is 0.806. The summed E-state index contributed by atoms with van der Waals surface area (Å²) in [6.07, 6.45) is 11.7. The van der Waals surface area contributed by atoms with E-state index in [0.717, 1.165) is 44.9 Å². The number of nitrogens with zero attached hydrogens (tertiary/aromatic N) is 2. The number of hydrogen-bond donors (Lipinski definition) is 4. The van der Waals surface area contributed by atoms with Crippen LogP contribution in [-0.2, 0) is 33.6 Å². The highest BCUT2D eigenvalue weighted by Crippen LogP contribution is 2.28. The molecule has 288 valence electrons. The zero-order valence-corrected chi connectivity index (χ0v) is 32.3. The average molecular weight is 754 g/mol. The number of carboxylic acids is 1. The molecule has 3 fully saturated rings. The predicted octanol–water partition coefficient (Wildman–Crippen LogP) is 3.83. The van der Waals surface area contributed by atoms with Gasteiger partial charge in [0.05, 0.1) is 0 Å². The van der Waals surface area contributed by atoms with Gasteiger partial charge in [-0.15, -0.1) is 0 Å². The van der Waals surface area contributed by atoms with Crippen LogP contribution >= 0.6 is 21.6 Å². The van der Waals surface area contributed by atoms with Gasteiger partial charge in [0.25, 0.3) is 0 Å². The maximum absolute atomic E-state index is 14.0. The number of amides is 5. The summed E-state index contributed by atoms with van der Waals surface area (Å²) in [5.41, 5.74) is 0. The Labute approximate surface area is 310 Å². The van der Waals surface area contributed by atoms with Crippen molar-refractivity contribution >= 4 is 62.9 Å². The van der Waals surface area contributed by atoms with Crippen molar-refractivity contribution in [3.8, 4) is 0 Å². The summed E-state index contributed by atoms with van der Waals surface area (Å²) in [6, 6.07) is -4.69. The van der Waals surface area contributed by atoms with Gasteiger partial charge in [-0.1, -0.05) is 80.9 Å². The number of aliphatic carboxylic acids is 1. The number of Topliss-reactive ketones (excluding diaryl/α,β-unsaturated/α-hetero) is 1. The first-order valence-corrected chi connectivity index (χ1v) is 21.4. The molecule has 0 aromatic heterocycles. The standard InChI is InChI=1S/C36H59N5O8S2/c1-4-25(42)15-11-9-7-5-6-8-10-12-18-31(43)37-27-22-50-51-23-28(36(48)49)39-32(44)26(21-24(2)3)38-33(45)29-16-13-19-40(29)35(47)30-17-14-20-41(30)34(27)46/h24,26-30H,4-23H2,1-3H3,(H,37,43)(H,38,45)(H,39,44)(H,48,49)/t26-,27-,28-,29-,30-/m0/s1. The van der Waals surface area contributed by atoms with Crippen LogP contribution in [0.3, 0.4) is 0 Å². The van der Waals surface area contributed by atoms with Crippen LogP contribution < -0.4 is 16.0 Å². The number of carbonyl (C=O) groups is 7. The molecule has 0 bridgehead atoms. The summed E-state index contributed by atoms with van der Waals surface area (Å²) >= 11 is 0. The highest BCUT2D eigenvalue weighted by atomic mass is 33.1. The lowest BCUT2D eigenvalue weighted by molar-refractivity contribution is -0.148. The molecule has 0 spiro atoms. The Balaban J connectivity index is 1.66. The van der Waals surface area contributed by atoms with Gasteiger partial charge < -0.3 is 30.9 Å². The van der Waals surface area contributed by atoms with Crippen LogP contribution in [0.1, 0.15) is 124 Å². The molecule has 0 aromatic carbocycles. The predicted molar refractivity (Wildman–Crippen MR) is 199 cm³/mol. The maximum atomic E-state index is 14.0. The first kappa shape index (κ1) is 42.6. The van der Waals surface area contributed by atoms with Crippen LogP contribution in [0, 0.1) is 5.92 Å². The van der Waals surface area contributed by atoms with E-state index < -0.39 is 48.0 Å². The second-order valence-corrected chi connectivity index (χ2v) is 16.9. The van der Waals surface area contributed by atoms with E-state index in [0.29, 0.717) is 70.2 Å². The molecule has 5 atom stereocenters. The van der Waals surface area contributed by atoms with Gasteiger partial charge in [0, 0.05) is 43.9 Å². The molecule has 0 aliphatic carbocycles. The summed E-state index contributed by atoms with van der Waals surface area (Å²) in [7, 11) is 2.41. The molecule has 0 radical (unpaired) electrons. The number of unbranched alkanes of at least 4 members (excludes halogenated alkanes) is 7. The van der Waals surface area contributed by atoms with Gasteiger partial charge in [-0.05, 0) is 50.9 Å². The summed E-state index contributed by atoms with van der Waals surface area (Å²) in [5, 5.41) is 18.1. The molecule has 0 aromatic rings. The molecule has 0 saturated carbocycles. The fourth-order valence-electron chi connectivity index (χ4n) is 6.92. The van der Waals surface area contributed by atoms with E-state index in [-0.39, 0.29) is 41.6 Å². The van der Waals surface area contributed by atoms with Crippen molar-refractivity contribution in [3.63, 3.8) is 0 Å². The highest BCUT2D eigenvalue weighted by molar-refractivity contribution is 8.76. The second kappa shape index (κ2) is 22.3. The molecule has 3 rings (SSSR count). The Morgan fingerprint density at radius 1 is 0.784 bits per heavy atom. The second-order valence-electron chi connectivity index (χ2n) is 14.4. The Hall–Kier alpha value is -2.81. The zero-order chi connectivity index (χ0) is 37.3. The molecule has 3 aliphatic rings. The van der Waals surface area contributed by atoms with Crippen LogP contribution in [0.4, 0.5) is 0 Å². The van der Waals surface area contributed by atoms with Crippen molar-refractivity contribution in [2.24, 2.45) is 5.92 Å². The van der Waals surface area contributed by atoms with E-state index in [4.69, 9.17) is 0 Å². The quantitative estimate of drug-likeness (QED) is 0.134. The highest BCUT2D eigenvalue weighted by Gasteiger charge is 2.44. The average Bonchev–Trinajstić information content (AvgIpc) is 3.79. The Morgan fingerprint density at radius 3 is 1.96 bits per heavy atom. The van der Waals surface area contributed by atoms with E-state index in [1.54, 1.807) is 0 Å². The van der Waals surface area contributed by atoms with Crippen LogP contribution in [0.15, 0.2) is 0 Å². The lowest BCUT2D eigenvalue weighted by Crippen LogP contribution is -2.58. The largest absolute Gasteiger partial charge is 0.480 e. The lowest BCUT2D eigenvalue weighted by Gasteiger charge is -2.33. The molecular weight excluding hydrogens is 695 g/mol. The van der Waals surface area contributed by atoms with Gasteiger partial charge >= 0.3 is 5.97 Å².